The second-order valence-electron chi connectivity index (χ2n) is 5.42. The molecule has 2 aromatic heterocycles. The van der Waals surface area contributed by atoms with Crippen LogP contribution in [0.25, 0.3) is 22.4 Å². The van der Waals surface area contributed by atoms with Gasteiger partial charge in [-0.25, -0.2) is 0 Å². The maximum absolute atomic E-state index is 12.6. The molecule has 2 aromatic carbocycles. The number of methoxy groups -OCH3 is 1. The Morgan fingerprint density at radius 1 is 1.15 bits per heavy atom. The Hall–Kier alpha value is -2.41. The summed E-state index contributed by atoms with van der Waals surface area (Å²) in [5.74, 6) is 1.10. The van der Waals surface area contributed by atoms with E-state index < -0.39 is 0 Å². The lowest BCUT2D eigenvalue weighted by Gasteiger charge is -2.03. The number of rotatable bonds is 3. The first-order valence-corrected chi connectivity index (χ1v) is 9.14. The van der Waals surface area contributed by atoms with Gasteiger partial charge >= 0.3 is 0 Å². The van der Waals surface area contributed by atoms with Crippen molar-refractivity contribution < 1.29 is 4.74 Å². The van der Waals surface area contributed by atoms with Gasteiger partial charge in [-0.2, -0.15) is 9.50 Å². The number of hydrogen-bond acceptors (Lipinski definition) is 5. The van der Waals surface area contributed by atoms with Crippen LogP contribution >= 0.6 is 34.5 Å². The van der Waals surface area contributed by atoms with Crippen LogP contribution < -0.4 is 14.8 Å². The number of aromatic nitrogens is 3. The highest BCUT2D eigenvalue weighted by atomic mass is 35.5. The molecular formula is C18H11Cl2N3O2S. The Bertz CT molecular complexity index is 1230. The fourth-order valence-corrected chi connectivity index (χ4v) is 3.75. The van der Waals surface area contributed by atoms with E-state index in [4.69, 9.17) is 27.9 Å². The Labute approximate surface area is 162 Å². The predicted molar refractivity (Wildman–Crippen MR) is 104 cm³/mol. The molecule has 5 nitrogen and oxygen atoms in total. The third kappa shape index (κ3) is 2.96. The van der Waals surface area contributed by atoms with E-state index >= 15 is 0 Å². The van der Waals surface area contributed by atoms with Crippen molar-refractivity contribution in [3.05, 3.63) is 73.0 Å². The van der Waals surface area contributed by atoms with Gasteiger partial charge in [-0.05, 0) is 35.9 Å². The minimum absolute atomic E-state index is 0.232. The van der Waals surface area contributed by atoms with Gasteiger partial charge in [-0.1, -0.05) is 52.7 Å². The maximum Gasteiger partial charge on any atom is 0.291 e. The van der Waals surface area contributed by atoms with E-state index in [0.717, 1.165) is 11.1 Å². The molecule has 0 atom stereocenters. The van der Waals surface area contributed by atoms with E-state index in [1.165, 1.54) is 15.9 Å². The predicted octanol–water partition coefficient (Wildman–Crippen LogP) is 3.68. The fraction of sp³-hybridized carbons (Fsp3) is 0.0556. The first-order chi connectivity index (χ1) is 12.6. The number of benzene rings is 2. The Morgan fingerprint density at radius 3 is 2.69 bits per heavy atom. The first kappa shape index (κ1) is 17.0. The highest BCUT2D eigenvalue weighted by Crippen LogP contribution is 2.27. The monoisotopic (exact) mass is 403 g/mol. The summed E-state index contributed by atoms with van der Waals surface area (Å²) in [5, 5.41) is 5.25. The van der Waals surface area contributed by atoms with Crippen molar-refractivity contribution in [2.45, 2.75) is 0 Å². The average molecular weight is 404 g/mol. The summed E-state index contributed by atoms with van der Waals surface area (Å²) in [6, 6.07) is 12.6. The lowest BCUT2D eigenvalue weighted by molar-refractivity contribution is 0.416. The van der Waals surface area contributed by atoms with Gasteiger partial charge in [0.1, 0.15) is 5.75 Å². The fourth-order valence-electron chi connectivity index (χ4n) is 2.53. The van der Waals surface area contributed by atoms with Crippen LogP contribution in [0.5, 0.6) is 5.75 Å². The zero-order valence-electron chi connectivity index (χ0n) is 13.4. The molecule has 0 saturated carbocycles. The van der Waals surface area contributed by atoms with Crippen molar-refractivity contribution in [1.29, 1.82) is 0 Å². The zero-order valence-corrected chi connectivity index (χ0v) is 15.8. The third-order valence-electron chi connectivity index (χ3n) is 3.77. The second kappa shape index (κ2) is 6.72. The molecule has 0 saturated heterocycles. The summed E-state index contributed by atoms with van der Waals surface area (Å²) in [4.78, 5) is 17.6. The molecule has 0 bridgehead atoms. The van der Waals surface area contributed by atoms with Crippen LogP contribution in [-0.4, -0.2) is 21.7 Å². The van der Waals surface area contributed by atoms with Crippen LogP contribution in [0.2, 0.25) is 10.0 Å². The first-order valence-electron chi connectivity index (χ1n) is 7.56. The van der Waals surface area contributed by atoms with Crippen LogP contribution in [-0.2, 0) is 0 Å². The summed E-state index contributed by atoms with van der Waals surface area (Å²) < 4.78 is 7.15. The molecule has 0 amide bonds. The zero-order chi connectivity index (χ0) is 18.3. The van der Waals surface area contributed by atoms with Gasteiger partial charge in [-0.15, -0.1) is 5.10 Å². The number of fused-ring (bicyclic) bond motifs is 1. The topological polar surface area (TPSA) is 56.5 Å². The highest BCUT2D eigenvalue weighted by molar-refractivity contribution is 7.15. The summed E-state index contributed by atoms with van der Waals surface area (Å²) in [6.45, 7) is 0. The lowest BCUT2D eigenvalue weighted by atomic mass is 10.2. The van der Waals surface area contributed by atoms with Gasteiger partial charge in [-0.3, -0.25) is 4.79 Å². The molecule has 0 aliphatic heterocycles. The lowest BCUT2D eigenvalue weighted by Crippen LogP contribution is -2.23. The Morgan fingerprint density at radius 2 is 1.96 bits per heavy atom. The van der Waals surface area contributed by atoms with Crippen molar-refractivity contribution in [2.24, 2.45) is 0 Å². The highest BCUT2D eigenvalue weighted by Gasteiger charge is 2.14. The van der Waals surface area contributed by atoms with Crippen molar-refractivity contribution in [3.8, 4) is 17.1 Å². The molecule has 8 heteroatoms. The molecule has 0 fully saturated rings. The second-order valence-corrected chi connectivity index (χ2v) is 7.24. The van der Waals surface area contributed by atoms with E-state index in [9.17, 15) is 4.79 Å². The number of thiazole rings is 1. The summed E-state index contributed by atoms with van der Waals surface area (Å²) in [7, 11) is 1.58. The van der Waals surface area contributed by atoms with Gasteiger partial charge in [0.25, 0.3) is 5.56 Å². The van der Waals surface area contributed by atoms with Crippen molar-refractivity contribution in [1.82, 2.24) is 14.6 Å². The number of ether oxygens (including phenoxy) is 1. The van der Waals surface area contributed by atoms with Gasteiger partial charge in [0, 0.05) is 0 Å². The van der Waals surface area contributed by atoms with E-state index in [1.54, 1.807) is 31.4 Å². The molecule has 0 unspecified atom stereocenters. The van der Waals surface area contributed by atoms with Crippen molar-refractivity contribution >= 4 is 45.6 Å². The number of nitrogens with zero attached hydrogens (tertiary/aromatic N) is 3. The van der Waals surface area contributed by atoms with Gasteiger partial charge < -0.3 is 4.74 Å². The number of halogens is 2. The molecule has 4 rings (SSSR count). The minimum atomic E-state index is -0.232. The SMILES string of the molecule is COc1ccccc1-c1nc2s/c(=C\c3ccc(Cl)c(Cl)c3)c(=O)n2n1. The van der Waals surface area contributed by atoms with Crippen LogP contribution in [0.3, 0.4) is 0 Å². The number of para-hydroxylation sites is 1. The average Bonchev–Trinajstić information content (AvgIpc) is 3.18. The minimum Gasteiger partial charge on any atom is -0.496 e. The van der Waals surface area contributed by atoms with Crippen LogP contribution in [0.1, 0.15) is 5.56 Å². The number of hydrogen-bond donors (Lipinski definition) is 0. The molecule has 0 radical (unpaired) electrons. The van der Waals surface area contributed by atoms with Crippen LogP contribution in [0.4, 0.5) is 0 Å². The smallest absolute Gasteiger partial charge is 0.291 e. The van der Waals surface area contributed by atoms with E-state index in [-0.39, 0.29) is 5.56 Å². The van der Waals surface area contributed by atoms with E-state index in [1.807, 2.05) is 24.3 Å². The quantitative estimate of drug-likeness (QED) is 0.523. The molecule has 26 heavy (non-hydrogen) atoms. The molecule has 130 valence electrons. The molecule has 2 heterocycles. The van der Waals surface area contributed by atoms with Crippen molar-refractivity contribution in [3.63, 3.8) is 0 Å². The summed E-state index contributed by atoms with van der Waals surface area (Å²) in [6.07, 6.45) is 1.74. The van der Waals surface area contributed by atoms with Gasteiger partial charge in [0.2, 0.25) is 4.96 Å². The van der Waals surface area contributed by atoms with Crippen LogP contribution in [0.15, 0.2) is 47.3 Å². The third-order valence-corrected chi connectivity index (χ3v) is 5.47. The molecule has 0 spiro atoms. The summed E-state index contributed by atoms with van der Waals surface area (Å²) in [5.41, 5.74) is 1.29. The van der Waals surface area contributed by atoms with Crippen LogP contribution in [0, 0.1) is 0 Å². The van der Waals surface area contributed by atoms with Gasteiger partial charge in [0.15, 0.2) is 5.82 Å². The molecule has 0 aliphatic carbocycles. The Balaban J connectivity index is 1.82. The normalized spacial score (nSPS) is 12.0. The largest absolute Gasteiger partial charge is 0.496 e. The van der Waals surface area contributed by atoms with E-state index in [2.05, 4.69) is 10.1 Å². The molecular weight excluding hydrogens is 393 g/mol. The standard InChI is InChI=1S/C18H11Cl2N3O2S/c1-25-14-5-3-2-4-11(14)16-21-18-23(22-16)17(24)15(26-18)9-10-6-7-12(19)13(20)8-10/h2-9H,1H3/b15-9-. The molecule has 0 aliphatic rings. The maximum atomic E-state index is 12.6. The van der Waals surface area contributed by atoms with Gasteiger partial charge in [0.05, 0.1) is 27.3 Å². The van der Waals surface area contributed by atoms with Crippen molar-refractivity contribution in [2.75, 3.05) is 7.11 Å². The Kier molecular flexibility index (Phi) is 4.40. The summed E-state index contributed by atoms with van der Waals surface area (Å²) >= 11 is 13.2. The molecule has 0 N–H and O–H groups in total. The van der Waals surface area contributed by atoms with E-state index in [0.29, 0.717) is 31.1 Å². The molecule has 4 aromatic rings.